The van der Waals surface area contributed by atoms with Crippen LogP contribution in [0.25, 0.3) is 21.8 Å². The second-order valence-corrected chi connectivity index (χ2v) is 15.5. The van der Waals surface area contributed by atoms with Crippen molar-refractivity contribution in [2.24, 2.45) is 11.5 Å². The molecule has 59 heavy (non-hydrogen) atoms. The molecule has 0 bridgehead atoms. The molecule has 0 spiro atoms. The molecule has 16 nitrogen and oxygen atoms in total. The normalized spacial score (nSPS) is 12.6. The Morgan fingerprint density at radius 3 is 1.81 bits per heavy atom. The fourth-order valence-electron chi connectivity index (χ4n) is 6.16. The van der Waals surface area contributed by atoms with E-state index < -0.39 is 22.3 Å². The molecule has 310 valence electrons. The van der Waals surface area contributed by atoms with Gasteiger partial charge in [-0.3, -0.25) is 9.59 Å². The Morgan fingerprint density at radius 2 is 1.29 bits per heavy atom. The molecule has 6 aromatic rings. The van der Waals surface area contributed by atoms with E-state index in [2.05, 4.69) is 55.5 Å². The zero-order valence-electron chi connectivity index (χ0n) is 33.6. The molecule has 2 amide bonds. The molecule has 0 saturated heterocycles. The summed E-state index contributed by atoms with van der Waals surface area (Å²) in [6.07, 6.45) is 4.25. The van der Waals surface area contributed by atoms with Crippen LogP contribution in [0.5, 0.6) is 17.2 Å². The Hall–Kier alpha value is -5.88. The van der Waals surface area contributed by atoms with Crippen LogP contribution in [0.4, 0.5) is 11.6 Å². The molecular weight excluding hydrogens is 773 g/mol. The van der Waals surface area contributed by atoms with E-state index in [1.54, 1.807) is 35.1 Å². The van der Waals surface area contributed by atoms with Crippen molar-refractivity contribution in [2.45, 2.75) is 64.0 Å². The molecule has 2 aromatic carbocycles. The van der Waals surface area contributed by atoms with E-state index in [9.17, 15) is 9.59 Å². The lowest BCUT2D eigenvalue weighted by Gasteiger charge is -2.28. The van der Waals surface area contributed by atoms with E-state index in [0.29, 0.717) is 54.3 Å². The summed E-state index contributed by atoms with van der Waals surface area (Å²) in [6.45, 7) is 9.74. The van der Waals surface area contributed by atoms with E-state index in [1.807, 2.05) is 57.2 Å². The molecule has 6 N–H and O–H groups in total. The van der Waals surface area contributed by atoms with Crippen molar-refractivity contribution in [1.29, 1.82) is 0 Å². The number of fused-ring (bicyclic) bond motifs is 2. The van der Waals surface area contributed by atoms with E-state index in [4.69, 9.17) is 30.4 Å². The number of carbonyl (C=O) groups excluding carboxylic acids is 2. The SMILES string of the molecule is CCCC(C)(S)OCCC(C)(C)n1cc(COc2cc(C(=O)Nc3cc(OCCN)c4ccccc4n3)nc(C(=O)Nc3cc(OCCN)c4ccccc4n3)c2)nn1. The average Bonchev–Trinajstić information content (AvgIpc) is 3.71. The van der Waals surface area contributed by atoms with Gasteiger partial charge in [0.05, 0.1) is 29.4 Å². The van der Waals surface area contributed by atoms with Crippen LogP contribution in [0.1, 0.15) is 73.6 Å². The van der Waals surface area contributed by atoms with Crippen LogP contribution < -0.4 is 36.3 Å². The molecular formula is C42H50N10O6S. The quantitative estimate of drug-likeness (QED) is 0.0434. The van der Waals surface area contributed by atoms with Gasteiger partial charge in [-0.05, 0) is 57.9 Å². The molecule has 0 aliphatic heterocycles. The van der Waals surface area contributed by atoms with Crippen LogP contribution in [-0.4, -0.2) is 79.6 Å². The molecule has 0 radical (unpaired) electrons. The average molecular weight is 823 g/mol. The second-order valence-electron chi connectivity index (χ2n) is 14.6. The van der Waals surface area contributed by atoms with Crippen LogP contribution in [0.3, 0.4) is 0 Å². The minimum Gasteiger partial charge on any atom is -0.491 e. The number of para-hydroxylation sites is 2. The van der Waals surface area contributed by atoms with Crippen LogP contribution in [-0.2, 0) is 16.9 Å². The maximum atomic E-state index is 13.9. The second kappa shape index (κ2) is 19.2. The van der Waals surface area contributed by atoms with Gasteiger partial charge in [0.1, 0.15) is 70.7 Å². The van der Waals surface area contributed by atoms with Crippen molar-refractivity contribution in [1.82, 2.24) is 29.9 Å². The van der Waals surface area contributed by atoms with E-state index in [1.165, 1.54) is 12.1 Å². The number of nitrogens with zero attached hydrogens (tertiary/aromatic N) is 6. The van der Waals surface area contributed by atoms with Gasteiger partial charge in [-0.2, -0.15) is 0 Å². The molecule has 1 unspecified atom stereocenters. The molecule has 4 aromatic heterocycles. The van der Waals surface area contributed by atoms with Crippen molar-refractivity contribution in [3.8, 4) is 17.2 Å². The smallest absolute Gasteiger partial charge is 0.275 e. The number of pyridine rings is 3. The minimum absolute atomic E-state index is 0.0218. The van der Waals surface area contributed by atoms with Gasteiger partial charge in [0.15, 0.2) is 0 Å². The van der Waals surface area contributed by atoms with Crippen molar-refractivity contribution >= 4 is 57.9 Å². The molecule has 17 heteroatoms. The van der Waals surface area contributed by atoms with Gasteiger partial charge in [-0.15, -0.1) is 17.7 Å². The number of thiol groups is 1. The van der Waals surface area contributed by atoms with Gasteiger partial charge in [0, 0.05) is 48.1 Å². The van der Waals surface area contributed by atoms with E-state index in [0.717, 1.165) is 23.6 Å². The summed E-state index contributed by atoms with van der Waals surface area (Å²) in [7, 11) is 0. The van der Waals surface area contributed by atoms with Gasteiger partial charge in [0.2, 0.25) is 0 Å². The van der Waals surface area contributed by atoms with Gasteiger partial charge in [-0.1, -0.05) is 42.8 Å². The third-order valence-corrected chi connectivity index (χ3v) is 9.60. The first-order chi connectivity index (χ1) is 28.4. The standard InChI is InChI=1S/C42H50N10O6S/c1-5-14-42(4,59)58-18-15-41(2,3)52-25-27(50-51-52)26-57-28-21-33(39(53)48-37-23-35(55-19-16-43)29-10-6-8-12-31(29)46-37)45-34(22-28)40(54)49-38-24-36(56-20-17-44)30-11-7-9-13-32(30)47-38/h6-13,21-25,59H,5,14-20,26,43-44H2,1-4H3,(H,46,48,53)(H,47,49,54). The van der Waals surface area contributed by atoms with E-state index in [-0.39, 0.29) is 48.6 Å². The Labute approximate surface area is 347 Å². The number of hydrogen-bond acceptors (Lipinski definition) is 14. The van der Waals surface area contributed by atoms with Crippen LogP contribution >= 0.6 is 12.6 Å². The third kappa shape index (κ3) is 11.2. The van der Waals surface area contributed by atoms with Crippen molar-refractivity contribution < 1.29 is 28.5 Å². The maximum Gasteiger partial charge on any atom is 0.275 e. The number of anilines is 2. The molecule has 0 aliphatic carbocycles. The van der Waals surface area contributed by atoms with Gasteiger partial charge in [0.25, 0.3) is 11.8 Å². The zero-order valence-corrected chi connectivity index (χ0v) is 34.5. The predicted molar refractivity (Wildman–Crippen MR) is 229 cm³/mol. The highest BCUT2D eigenvalue weighted by Gasteiger charge is 2.26. The van der Waals surface area contributed by atoms with Crippen LogP contribution in [0.2, 0.25) is 0 Å². The molecule has 1 atom stereocenters. The lowest BCUT2D eigenvalue weighted by atomic mass is 10.0. The summed E-state index contributed by atoms with van der Waals surface area (Å²) in [6, 6.07) is 20.8. The number of benzene rings is 2. The number of ether oxygens (including phenoxy) is 4. The highest BCUT2D eigenvalue weighted by atomic mass is 32.1. The Morgan fingerprint density at radius 1 is 0.746 bits per heavy atom. The molecule has 0 fully saturated rings. The molecule has 0 aliphatic rings. The first-order valence-corrected chi connectivity index (χ1v) is 19.8. The highest BCUT2D eigenvalue weighted by molar-refractivity contribution is 7.81. The van der Waals surface area contributed by atoms with Crippen LogP contribution in [0.15, 0.2) is 79.0 Å². The molecule has 0 saturated carbocycles. The van der Waals surface area contributed by atoms with Crippen molar-refractivity contribution in [2.75, 3.05) is 43.5 Å². The summed E-state index contributed by atoms with van der Waals surface area (Å²) in [5.41, 5.74) is 12.5. The monoisotopic (exact) mass is 822 g/mol. The first kappa shape index (κ1) is 42.7. The third-order valence-electron chi connectivity index (χ3n) is 9.24. The first-order valence-electron chi connectivity index (χ1n) is 19.4. The number of amides is 2. The summed E-state index contributed by atoms with van der Waals surface area (Å²) in [5, 5.41) is 15.8. The van der Waals surface area contributed by atoms with Gasteiger partial charge in [-0.25, -0.2) is 19.6 Å². The van der Waals surface area contributed by atoms with Gasteiger partial charge < -0.3 is 41.0 Å². The number of nitrogens with two attached hydrogens (primary N) is 2. The Balaban J connectivity index is 1.26. The van der Waals surface area contributed by atoms with Crippen LogP contribution in [0, 0.1) is 0 Å². The number of hydrogen-bond donors (Lipinski definition) is 5. The zero-order chi connectivity index (χ0) is 42.0. The highest BCUT2D eigenvalue weighted by Crippen LogP contribution is 2.30. The predicted octanol–water partition coefficient (Wildman–Crippen LogP) is 6.12. The number of aromatic nitrogens is 6. The van der Waals surface area contributed by atoms with Crippen molar-refractivity contribution in [3.05, 3.63) is 96.1 Å². The lowest BCUT2D eigenvalue weighted by molar-refractivity contribution is 0.0183. The summed E-state index contributed by atoms with van der Waals surface area (Å²) < 4.78 is 25.7. The fraction of sp³-hybridized carbons (Fsp3) is 0.357. The number of rotatable bonds is 20. The summed E-state index contributed by atoms with van der Waals surface area (Å²) in [5.74, 6) is 0.296. The Kier molecular flexibility index (Phi) is 13.9. The fourth-order valence-corrected chi connectivity index (χ4v) is 6.48. The largest absolute Gasteiger partial charge is 0.491 e. The maximum absolute atomic E-state index is 13.9. The summed E-state index contributed by atoms with van der Waals surface area (Å²) in [4.78, 5) is 40.9. The summed E-state index contributed by atoms with van der Waals surface area (Å²) >= 11 is 4.64. The number of carbonyl (C=O) groups is 2. The van der Waals surface area contributed by atoms with Crippen molar-refractivity contribution in [3.63, 3.8) is 0 Å². The van der Waals surface area contributed by atoms with Gasteiger partial charge >= 0.3 is 0 Å². The molecule has 6 rings (SSSR count). The Bertz CT molecular complexity index is 2280. The lowest BCUT2D eigenvalue weighted by Crippen LogP contribution is -2.31. The van der Waals surface area contributed by atoms with E-state index >= 15 is 0 Å². The topological polar surface area (TPSA) is 217 Å². The number of nitrogens with one attached hydrogen (secondary N) is 2. The minimum atomic E-state index is -0.649. The molecule has 4 heterocycles.